The third-order valence-corrected chi connectivity index (χ3v) is 6.29. The van der Waals surface area contributed by atoms with Crippen LogP contribution in [0.4, 0.5) is 0 Å². The van der Waals surface area contributed by atoms with Crippen LogP contribution in [0, 0.1) is 5.92 Å². The van der Waals surface area contributed by atoms with E-state index in [0.717, 1.165) is 34.5 Å². The van der Waals surface area contributed by atoms with E-state index in [0.29, 0.717) is 18.8 Å². The summed E-state index contributed by atoms with van der Waals surface area (Å²) in [5.41, 5.74) is 1.47. The van der Waals surface area contributed by atoms with Crippen LogP contribution >= 0.6 is 11.3 Å². The number of hydrogen-bond acceptors (Lipinski definition) is 5. The van der Waals surface area contributed by atoms with Crippen LogP contribution < -0.4 is 10.1 Å². The molecule has 3 heterocycles. The molecule has 3 aromatic rings. The number of fused-ring (bicyclic) bond motifs is 1. The Balaban J connectivity index is 1.44. The molecule has 0 bridgehead atoms. The molecular weight excluding hydrogens is 388 g/mol. The highest BCUT2D eigenvalue weighted by Crippen LogP contribution is 2.32. The molecule has 1 saturated heterocycles. The minimum absolute atomic E-state index is 0.00365. The van der Waals surface area contributed by atoms with E-state index in [1.807, 2.05) is 34.5 Å². The Morgan fingerprint density at radius 3 is 2.76 bits per heavy atom. The molecule has 0 saturated carbocycles. The lowest BCUT2D eigenvalue weighted by Gasteiger charge is -2.35. The number of nitrogens with one attached hydrogen (secondary N) is 2. The monoisotopic (exact) mass is 412 g/mol. The number of H-pyrrole nitrogens is 1. The second-order valence-corrected chi connectivity index (χ2v) is 8.24. The van der Waals surface area contributed by atoms with Crippen LogP contribution in [0.1, 0.15) is 41.3 Å². The molecule has 2 amide bonds. The summed E-state index contributed by atoms with van der Waals surface area (Å²) in [7, 11) is 1.63. The van der Waals surface area contributed by atoms with E-state index in [1.54, 1.807) is 24.6 Å². The second-order valence-electron chi connectivity index (χ2n) is 7.31. The van der Waals surface area contributed by atoms with Gasteiger partial charge in [0.2, 0.25) is 5.91 Å². The third kappa shape index (κ3) is 4.12. The number of methoxy groups -OCH3 is 1. The van der Waals surface area contributed by atoms with Gasteiger partial charge in [-0.1, -0.05) is 0 Å². The zero-order valence-corrected chi connectivity index (χ0v) is 17.3. The molecule has 1 aliphatic rings. The number of aromatic amines is 1. The van der Waals surface area contributed by atoms with Crippen LogP contribution in [-0.2, 0) is 4.79 Å². The number of rotatable bonds is 5. The summed E-state index contributed by atoms with van der Waals surface area (Å²) in [6.45, 7) is 2.84. The number of carbonyl (C=O) groups excluding carboxylic acids is 2. The number of amides is 2. The molecule has 1 fully saturated rings. The smallest absolute Gasteiger partial charge is 0.270 e. The van der Waals surface area contributed by atoms with Gasteiger partial charge in [0.25, 0.3) is 5.91 Å². The molecule has 2 aromatic heterocycles. The maximum absolute atomic E-state index is 13.0. The van der Waals surface area contributed by atoms with Crippen LogP contribution in [0.15, 0.2) is 35.8 Å². The molecule has 0 radical (unpaired) electrons. The van der Waals surface area contributed by atoms with E-state index in [4.69, 9.17) is 4.74 Å². The summed E-state index contributed by atoms with van der Waals surface area (Å²) >= 11 is 1.55. The predicted molar refractivity (Wildman–Crippen MR) is 112 cm³/mol. The zero-order chi connectivity index (χ0) is 20.4. The first kappa shape index (κ1) is 19.4. The summed E-state index contributed by atoms with van der Waals surface area (Å²) in [4.78, 5) is 34.1. The van der Waals surface area contributed by atoms with Gasteiger partial charge in [-0.3, -0.25) is 9.59 Å². The van der Waals surface area contributed by atoms with Crippen molar-refractivity contribution in [1.29, 1.82) is 0 Å². The number of piperidine rings is 1. The van der Waals surface area contributed by atoms with Gasteiger partial charge in [-0.15, -0.1) is 11.3 Å². The number of hydrogen-bond donors (Lipinski definition) is 2. The number of ether oxygens (including phenoxy) is 1. The first-order valence-electron chi connectivity index (χ1n) is 9.67. The fourth-order valence-corrected chi connectivity index (χ4v) is 4.72. The third-order valence-electron chi connectivity index (χ3n) is 5.43. The van der Waals surface area contributed by atoms with Crippen molar-refractivity contribution < 1.29 is 14.3 Å². The Labute approximate surface area is 173 Å². The van der Waals surface area contributed by atoms with Crippen LogP contribution in [0.25, 0.3) is 10.9 Å². The number of nitrogens with zero attached hydrogens (tertiary/aromatic N) is 2. The fraction of sp³-hybridized carbons (Fsp3) is 0.381. The van der Waals surface area contributed by atoms with Crippen molar-refractivity contribution in [2.45, 2.75) is 25.8 Å². The molecule has 152 valence electrons. The Bertz CT molecular complexity index is 1010. The van der Waals surface area contributed by atoms with Gasteiger partial charge < -0.3 is 19.9 Å². The number of thiazole rings is 1. The quantitative estimate of drug-likeness (QED) is 0.673. The summed E-state index contributed by atoms with van der Waals surface area (Å²) in [5, 5.41) is 6.88. The van der Waals surface area contributed by atoms with Crippen molar-refractivity contribution in [3.63, 3.8) is 0 Å². The lowest BCUT2D eigenvalue weighted by Crippen LogP contribution is -2.42. The van der Waals surface area contributed by atoms with Gasteiger partial charge >= 0.3 is 0 Å². The lowest BCUT2D eigenvalue weighted by molar-refractivity contribution is -0.120. The van der Waals surface area contributed by atoms with Gasteiger partial charge in [0.05, 0.1) is 13.2 Å². The van der Waals surface area contributed by atoms with Crippen molar-refractivity contribution in [1.82, 2.24) is 20.2 Å². The van der Waals surface area contributed by atoms with Crippen molar-refractivity contribution >= 4 is 34.1 Å². The van der Waals surface area contributed by atoms with Crippen LogP contribution in [0.3, 0.4) is 0 Å². The lowest BCUT2D eigenvalue weighted by atomic mass is 9.89. The summed E-state index contributed by atoms with van der Waals surface area (Å²) < 4.78 is 5.25. The molecule has 8 heteroatoms. The van der Waals surface area contributed by atoms with Gasteiger partial charge in [-0.2, -0.15) is 0 Å². The predicted octanol–water partition coefficient (Wildman–Crippen LogP) is 3.36. The number of aromatic nitrogens is 2. The molecule has 2 N–H and O–H groups in total. The first-order valence-corrected chi connectivity index (χ1v) is 10.6. The second kappa shape index (κ2) is 8.24. The van der Waals surface area contributed by atoms with E-state index < -0.39 is 0 Å². The topological polar surface area (TPSA) is 87.3 Å². The van der Waals surface area contributed by atoms with Gasteiger partial charge in [0.15, 0.2) is 0 Å². The maximum Gasteiger partial charge on any atom is 0.270 e. The molecule has 0 unspecified atom stereocenters. The van der Waals surface area contributed by atoms with E-state index >= 15 is 0 Å². The van der Waals surface area contributed by atoms with Crippen molar-refractivity contribution in [2.75, 3.05) is 20.2 Å². The van der Waals surface area contributed by atoms with Crippen molar-refractivity contribution in [2.24, 2.45) is 5.92 Å². The standard InChI is InChI=1S/C21H24N4O3S/c1-13(26)23-19(20-22-7-10-29-20)14-5-8-25(9-6-14)21(27)18-11-15-3-4-16(28-2)12-17(15)24-18/h3-4,7,10-12,14,19,24H,5-6,8-9H2,1-2H3,(H,23,26)/t19-/m0/s1. The Morgan fingerprint density at radius 1 is 1.31 bits per heavy atom. The Hall–Kier alpha value is -2.87. The van der Waals surface area contributed by atoms with Crippen LogP contribution in [0.5, 0.6) is 5.75 Å². The largest absolute Gasteiger partial charge is 0.497 e. The molecule has 1 aromatic carbocycles. The van der Waals surface area contributed by atoms with Crippen molar-refractivity contribution in [3.8, 4) is 5.75 Å². The van der Waals surface area contributed by atoms with Crippen LogP contribution in [-0.4, -0.2) is 46.9 Å². The molecular formula is C21H24N4O3S. The maximum atomic E-state index is 13.0. The van der Waals surface area contributed by atoms with Crippen molar-refractivity contribution in [3.05, 3.63) is 46.5 Å². The number of carbonyl (C=O) groups is 2. The number of benzene rings is 1. The van der Waals surface area contributed by atoms with Crippen LogP contribution in [0.2, 0.25) is 0 Å². The summed E-state index contributed by atoms with van der Waals surface area (Å²) in [6, 6.07) is 7.52. The highest BCUT2D eigenvalue weighted by atomic mass is 32.1. The van der Waals surface area contributed by atoms with Gasteiger partial charge in [-0.05, 0) is 37.0 Å². The Kier molecular flexibility index (Phi) is 5.53. The fourth-order valence-electron chi connectivity index (χ4n) is 3.94. The first-order chi connectivity index (χ1) is 14.0. The summed E-state index contributed by atoms with van der Waals surface area (Å²) in [5.74, 6) is 0.965. The molecule has 0 aliphatic carbocycles. The van der Waals surface area contributed by atoms with Gasteiger partial charge in [0, 0.05) is 48.6 Å². The summed E-state index contributed by atoms with van der Waals surface area (Å²) in [6.07, 6.45) is 3.41. The molecule has 7 nitrogen and oxygen atoms in total. The van der Waals surface area contributed by atoms with E-state index in [-0.39, 0.29) is 23.8 Å². The van der Waals surface area contributed by atoms with Gasteiger partial charge in [-0.25, -0.2) is 4.98 Å². The minimum atomic E-state index is -0.0923. The number of likely N-dealkylation sites (tertiary alicyclic amines) is 1. The molecule has 1 aliphatic heterocycles. The SMILES string of the molecule is COc1ccc2cc(C(=O)N3CCC([C@H](NC(C)=O)c4nccs4)CC3)[nH]c2c1. The van der Waals surface area contributed by atoms with E-state index in [9.17, 15) is 9.59 Å². The zero-order valence-electron chi connectivity index (χ0n) is 16.5. The van der Waals surface area contributed by atoms with E-state index in [2.05, 4.69) is 15.3 Å². The highest BCUT2D eigenvalue weighted by molar-refractivity contribution is 7.09. The molecule has 0 spiro atoms. The minimum Gasteiger partial charge on any atom is -0.497 e. The van der Waals surface area contributed by atoms with Gasteiger partial charge in [0.1, 0.15) is 16.5 Å². The normalized spacial score (nSPS) is 16.0. The average molecular weight is 413 g/mol. The van der Waals surface area contributed by atoms with E-state index in [1.165, 1.54) is 6.92 Å². The molecule has 4 rings (SSSR count). The highest BCUT2D eigenvalue weighted by Gasteiger charge is 2.32. The molecule has 1 atom stereocenters. The Morgan fingerprint density at radius 2 is 2.10 bits per heavy atom. The molecule has 29 heavy (non-hydrogen) atoms. The average Bonchev–Trinajstić information content (AvgIpc) is 3.40.